The second-order valence-electron chi connectivity index (χ2n) is 3.32. The van der Waals surface area contributed by atoms with Crippen molar-refractivity contribution in [2.75, 3.05) is 5.32 Å². The Kier molecular flexibility index (Phi) is 4.06. The molecule has 0 aliphatic rings. The minimum absolute atomic E-state index is 0.242. The number of halogens is 3. The molecule has 1 aromatic heterocycles. The van der Waals surface area contributed by atoms with E-state index < -0.39 is 0 Å². The summed E-state index contributed by atoms with van der Waals surface area (Å²) in [7, 11) is 0. The predicted octanol–water partition coefficient (Wildman–Crippen LogP) is 3.75. The minimum atomic E-state index is -0.242. The molecule has 2 rings (SSSR count). The Balaban J connectivity index is 2.09. The Morgan fingerprint density at radius 3 is 2.76 bits per heavy atom. The molecule has 1 N–H and O–H groups in total. The monoisotopic (exact) mass is 359 g/mol. The molecule has 17 heavy (non-hydrogen) atoms. The summed E-state index contributed by atoms with van der Waals surface area (Å²) in [6.07, 6.45) is 1.43. The van der Waals surface area contributed by atoms with E-state index in [1.165, 1.54) is 12.4 Å². The predicted molar refractivity (Wildman–Crippen MR) is 71.2 cm³/mol. The van der Waals surface area contributed by atoms with Gasteiger partial charge in [0.15, 0.2) is 0 Å². The molecule has 0 saturated heterocycles. The molecule has 0 amide bonds. The molecule has 2 aromatic rings. The van der Waals surface area contributed by atoms with Crippen LogP contribution < -0.4 is 5.32 Å². The van der Waals surface area contributed by atoms with E-state index in [2.05, 4.69) is 47.1 Å². The van der Waals surface area contributed by atoms with Gasteiger partial charge in [0.05, 0.1) is 0 Å². The molecule has 0 atom stereocenters. The smallest absolute Gasteiger partial charge is 0.130 e. The van der Waals surface area contributed by atoms with Crippen LogP contribution in [-0.2, 0) is 6.54 Å². The average Bonchev–Trinajstić information content (AvgIpc) is 2.30. The maximum Gasteiger partial charge on any atom is 0.130 e. The molecule has 3 nitrogen and oxygen atoms in total. The van der Waals surface area contributed by atoms with E-state index in [1.807, 2.05) is 0 Å². The molecule has 0 aliphatic heterocycles. The van der Waals surface area contributed by atoms with E-state index in [0.717, 1.165) is 4.47 Å². The van der Waals surface area contributed by atoms with Crippen LogP contribution in [0.5, 0.6) is 0 Å². The molecule has 88 valence electrons. The van der Waals surface area contributed by atoms with Gasteiger partial charge in [0, 0.05) is 22.6 Å². The van der Waals surface area contributed by atoms with Crippen molar-refractivity contribution in [3.8, 4) is 0 Å². The first-order chi connectivity index (χ1) is 8.15. The highest BCUT2D eigenvalue weighted by Gasteiger charge is 2.03. The number of rotatable bonds is 3. The largest absolute Gasteiger partial charge is 0.366 e. The van der Waals surface area contributed by atoms with Gasteiger partial charge in [-0.25, -0.2) is 14.4 Å². The number of hydrogen-bond donors (Lipinski definition) is 1. The molecule has 1 aromatic carbocycles. The lowest BCUT2D eigenvalue weighted by Crippen LogP contribution is -2.03. The van der Waals surface area contributed by atoms with Crippen molar-refractivity contribution in [1.29, 1.82) is 0 Å². The Bertz CT molecular complexity index is 534. The number of hydrogen-bond acceptors (Lipinski definition) is 3. The molecule has 0 saturated carbocycles. The first kappa shape index (κ1) is 12.4. The van der Waals surface area contributed by atoms with Crippen molar-refractivity contribution in [2.24, 2.45) is 0 Å². The van der Waals surface area contributed by atoms with E-state index in [1.54, 1.807) is 18.2 Å². The molecule has 6 heteroatoms. The second kappa shape index (κ2) is 5.55. The zero-order valence-corrected chi connectivity index (χ0v) is 11.8. The fraction of sp³-hybridized carbons (Fsp3) is 0.0909. The third-order valence-electron chi connectivity index (χ3n) is 2.10. The van der Waals surface area contributed by atoms with Gasteiger partial charge in [-0.1, -0.05) is 15.9 Å². The first-order valence-electron chi connectivity index (χ1n) is 4.80. The van der Waals surface area contributed by atoms with E-state index in [-0.39, 0.29) is 5.82 Å². The van der Waals surface area contributed by atoms with Gasteiger partial charge >= 0.3 is 0 Å². The topological polar surface area (TPSA) is 37.8 Å². The summed E-state index contributed by atoms with van der Waals surface area (Å²) in [6, 6.07) is 6.56. The lowest BCUT2D eigenvalue weighted by atomic mass is 10.2. The van der Waals surface area contributed by atoms with Crippen LogP contribution in [0.1, 0.15) is 5.56 Å². The minimum Gasteiger partial charge on any atom is -0.366 e. The van der Waals surface area contributed by atoms with E-state index in [9.17, 15) is 4.39 Å². The molecular formula is C11H8Br2FN3. The summed E-state index contributed by atoms with van der Waals surface area (Å²) in [6.45, 7) is 0.370. The molecule has 0 aliphatic carbocycles. The first-order valence-corrected chi connectivity index (χ1v) is 6.39. The normalized spacial score (nSPS) is 10.3. The van der Waals surface area contributed by atoms with Crippen LogP contribution in [0.4, 0.5) is 10.2 Å². The van der Waals surface area contributed by atoms with Crippen LogP contribution in [0, 0.1) is 5.82 Å². The van der Waals surface area contributed by atoms with Crippen molar-refractivity contribution >= 4 is 37.7 Å². The van der Waals surface area contributed by atoms with Crippen LogP contribution in [0.3, 0.4) is 0 Å². The van der Waals surface area contributed by atoms with Crippen molar-refractivity contribution in [3.05, 3.63) is 51.0 Å². The number of nitrogens with zero attached hydrogens (tertiary/aromatic N) is 2. The molecule has 0 unspecified atom stereocenters. The molecule has 0 bridgehead atoms. The van der Waals surface area contributed by atoms with Crippen LogP contribution in [0.15, 0.2) is 39.7 Å². The van der Waals surface area contributed by atoms with Crippen molar-refractivity contribution < 1.29 is 4.39 Å². The number of anilines is 1. The SMILES string of the molecule is Fc1ccc(Br)cc1CNc1cc(Br)ncn1. The highest BCUT2D eigenvalue weighted by molar-refractivity contribution is 9.10. The summed E-state index contributed by atoms with van der Waals surface area (Å²) in [5.74, 6) is 0.403. The van der Waals surface area contributed by atoms with Crippen molar-refractivity contribution in [3.63, 3.8) is 0 Å². The maximum absolute atomic E-state index is 13.4. The molecule has 0 fully saturated rings. The number of benzene rings is 1. The third-order valence-corrected chi connectivity index (χ3v) is 3.03. The number of nitrogens with one attached hydrogen (secondary N) is 1. The Morgan fingerprint density at radius 2 is 2.00 bits per heavy atom. The average molecular weight is 361 g/mol. The van der Waals surface area contributed by atoms with E-state index in [4.69, 9.17) is 0 Å². The summed E-state index contributed by atoms with van der Waals surface area (Å²) in [5.41, 5.74) is 0.578. The fourth-order valence-corrected chi connectivity index (χ4v) is 2.01. The van der Waals surface area contributed by atoms with Gasteiger partial charge in [-0.2, -0.15) is 0 Å². The second-order valence-corrected chi connectivity index (χ2v) is 5.04. The van der Waals surface area contributed by atoms with E-state index in [0.29, 0.717) is 22.5 Å². The number of aromatic nitrogens is 2. The highest BCUT2D eigenvalue weighted by atomic mass is 79.9. The van der Waals surface area contributed by atoms with Gasteiger partial charge in [-0.3, -0.25) is 0 Å². The molecule has 1 heterocycles. The standard InChI is InChI=1S/C11H8Br2FN3/c12-8-1-2-9(14)7(3-8)5-15-11-4-10(13)16-6-17-11/h1-4,6H,5H2,(H,15,16,17). The Morgan fingerprint density at radius 1 is 1.18 bits per heavy atom. The van der Waals surface area contributed by atoms with Crippen molar-refractivity contribution in [1.82, 2.24) is 9.97 Å². The van der Waals surface area contributed by atoms with Gasteiger partial charge in [0.1, 0.15) is 22.6 Å². The third kappa shape index (κ3) is 3.47. The zero-order valence-electron chi connectivity index (χ0n) is 8.62. The van der Waals surface area contributed by atoms with Gasteiger partial charge in [-0.05, 0) is 34.1 Å². The summed E-state index contributed by atoms with van der Waals surface area (Å²) in [5, 5.41) is 3.03. The van der Waals surface area contributed by atoms with Gasteiger partial charge in [0.2, 0.25) is 0 Å². The fourth-order valence-electron chi connectivity index (χ4n) is 1.29. The highest BCUT2D eigenvalue weighted by Crippen LogP contribution is 2.17. The molecule has 0 radical (unpaired) electrons. The zero-order chi connectivity index (χ0) is 12.3. The van der Waals surface area contributed by atoms with Crippen LogP contribution in [-0.4, -0.2) is 9.97 Å². The van der Waals surface area contributed by atoms with Crippen molar-refractivity contribution in [2.45, 2.75) is 6.54 Å². The van der Waals surface area contributed by atoms with Gasteiger partial charge in [0.25, 0.3) is 0 Å². The van der Waals surface area contributed by atoms with Crippen LogP contribution >= 0.6 is 31.9 Å². The van der Waals surface area contributed by atoms with Gasteiger partial charge < -0.3 is 5.32 Å². The van der Waals surface area contributed by atoms with E-state index >= 15 is 0 Å². The lowest BCUT2D eigenvalue weighted by Gasteiger charge is -2.07. The van der Waals surface area contributed by atoms with Gasteiger partial charge in [-0.15, -0.1) is 0 Å². The lowest BCUT2D eigenvalue weighted by molar-refractivity contribution is 0.612. The molecular weight excluding hydrogens is 353 g/mol. The maximum atomic E-state index is 13.4. The summed E-state index contributed by atoms with van der Waals surface area (Å²) >= 11 is 6.55. The quantitative estimate of drug-likeness (QED) is 0.847. The van der Waals surface area contributed by atoms with Crippen LogP contribution in [0.25, 0.3) is 0 Å². The summed E-state index contributed by atoms with van der Waals surface area (Å²) in [4.78, 5) is 7.93. The Hall–Kier alpha value is -1.01. The molecule has 0 spiro atoms. The Labute approximate surface area is 115 Å². The summed E-state index contributed by atoms with van der Waals surface area (Å²) < 4.78 is 15.0. The van der Waals surface area contributed by atoms with Crippen LogP contribution in [0.2, 0.25) is 0 Å².